The van der Waals surface area contributed by atoms with Gasteiger partial charge in [0.15, 0.2) is 0 Å². The van der Waals surface area contributed by atoms with Crippen LogP contribution in [0.15, 0.2) is 0 Å². The fourth-order valence-electron chi connectivity index (χ4n) is 1.73. The highest BCUT2D eigenvalue weighted by Crippen LogP contribution is 2.25. The van der Waals surface area contributed by atoms with Gasteiger partial charge in [-0.1, -0.05) is 0 Å². The zero-order chi connectivity index (χ0) is 10.8. The maximum absolute atomic E-state index is 11.3. The molecule has 1 saturated carbocycles. The largest absolute Gasteiger partial charge is 0.325 e. The molecule has 0 aromatic carbocycles. The van der Waals surface area contributed by atoms with Gasteiger partial charge in [-0.25, -0.2) is 13.1 Å². The predicted octanol–water partition coefficient (Wildman–Crippen LogP) is 1.01. The average Bonchev–Trinajstić information content (AvgIpc) is 2.09. The first-order valence-electron chi connectivity index (χ1n) is 5.13. The highest BCUT2D eigenvalue weighted by atomic mass is 35.5. The fraction of sp³-hybridized carbons (Fsp3) is 1.00. The van der Waals surface area contributed by atoms with Crippen molar-refractivity contribution in [2.24, 2.45) is 5.73 Å². The summed E-state index contributed by atoms with van der Waals surface area (Å²) < 4.78 is 25.3. The standard InChI is InChI=1S/C9H20N2O2S.ClH/c1-3-14(12,13)11-8-4-6-9(2,10)7-5-8;/h8,11H,3-7,10H2,1-2H3;1H. The van der Waals surface area contributed by atoms with Gasteiger partial charge in [-0.2, -0.15) is 0 Å². The third kappa shape index (κ3) is 5.15. The monoisotopic (exact) mass is 256 g/mol. The van der Waals surface area contributed by atoms with Crippen LogP contribution >= 0.6 is 12.4 Å². The molecule has 1 rings (SSSR count). The first-order chi connectivity index (χ1) is 6.35. The second-order valence-corrected chi connectivity index (χ2v) is 6.49. The molecule has 1 aliphatic rings. The minimum Gasteiger partial charge on any atom is -0.325 e. The number of halogens is 1. The van der Waals surface area contributed by atoms with Gasteiger partial charge >= 0.3 is 0 Å². The van der Waals surface area contributed by atoms with Crippen LogP contribution < -0.4 is 10.5 Å². The normalized spacial score (nSPS) is 32.1. The molecule has 0 bridgehead atoms. The first-order valence-corrected chi connectivity index (χ1v) is 6.79. The van der Waals surface area contributed by atoms with Gasteiger partial charge in [-0.3, -0.25) is 0 Å². The van der Waals surface area contributed by atoms with Crippen molar-refractivity contribution in [2.75, 3.05) is 5.75 Å². The highest BCUT2D eigenvalue weighted by molar-refractivity contribution is 7.89. The molecule has 0 aromatic heterocycles. The lowest BCUT2D eigenvalue weighted by Crippen LogP contribution is -2.46. The molecule has 3 N–H and O–H groups in total. The SMILES string of the molecule is CCS(=O)(=O)NC1CCC(C)(N)CC1.Cl. The Hall–Kier alpha value is 0.160. The van der Waals surface area contributed by atoms with Crippen molar-refractivity contribution in [3.63, 3.8) is 0 Å². The molecule has 0 saturated heterocycles. The zero-order valence-electron chi connectivity index (χ0n) is 9.32. The van der Waals surface area contributed by atoms with E-state index in [0.717, 1.165) is 25.7 Å². The van der Waals surface area contributed by atoms with Crippen molar-refractivity contribution in [3.05, 3.63) is 0 Å². The molecule has 0 heterocycles. The summed E-state index contributed by atoms with van der Waals surface area (Å²) in [5.74, 6) is 0.156. The van der Waals surface area contributed by atoms with Crippen molar-refractivity contribution < 1.29 is 8.42 Å². The minimum absolute atomic E-state index is 0. The molecule has 0 aliphatic heterocycles. The van der Waals surface area contributed by atoms with Crippen LogP contribution in [0, 0.1) is 0 Å². The van der Waals surface area contributed by atoms with E-state index >= 15 is 0 Å². The third-order valence-corrected chi connectivity index (χ3v) is 4.31. The van der Waals surface area contributed by atoms with E-state index in [4.69, 9.17) is 5.73 Å². The summed E-state index contributed by atoms with van der Waals surface area (Å²) >= 11 is 0. The summed E-state index contributed by atoms with van der Waals surface area (Å²) in [5.41, 5.74) is 5.86. The summed E-state index contributed by atoms with van der Waals surface area (Å²) in [6.07, 6.45) is 3.49. The number of hydrogen-bond acceptors (Lipinski definition) is 3. The Balaban J connectivity index is 0.00000196. The van der Waals surface area contributed by atoms with Gasteiger partial charge in [0.1, 0.15) is 0 Å². The summed E-state index contributed by atoms with van der Waals surface area (Å²) in [7, 11) is -3.05. The number of nitrogens with one attached hydrogen (secondary N) is 1. The Morgan fingerprint density at radius 3 is 2.27 bits per heavy atom. The van der Waals surface area contributed by atoms with Gasteiger partial charge in [0.05, 0.1) is 5.75 Å². The van der Waals surface area contributed by atoms with E-state index in [0.29, 0.717) is 0 Å². The zero-order valence-corrected chi connectivity index (χ0v) is 11.0. The maximum Gasteiger partial charge on any atom is 0.211 e. The second kappa shape index (κ2) is 5.48. The molecule has 1 fully saturated rings. The fourth-order valence-corrected chi connectivity index (χ4v) is 2.64. The van der Waals surface area contributed by atoms with Crippen molar-refractivity contribution in [1.29, 1.82) is 0 Å². The second-order valence-electron chi connectivity index (χ2n) is 4.45. The smallest absolute Gasteiger partial charge is 0.211 e. The number of nitrogens with two attached hydrogens (primary N) is 1. The van der Waals surface area contributed by atoms with E-state index in [1.54, 1.807) is 6.92 Å². The van der Waals surface area contributed by atoms with Gasteiger partial charge in [0.2, 0.25) is 10.0 Å². The minimum atomic E-state index is -3.05. The van der Waals surface area contributed by atoms with Crippen LogP contribution in [0.5, 0.6) is 0 Å². The van der Waals surface area contributed by atoms with E-state index in [-0.39, 0.29) is 29.7 Å². The molecule has 0 unspecified atom stereocenters. The van der Waals surface area contributed by atoms with Gasteiger partial charge in [0, 0.05) is 11.6 Å². The van der Waals surface area contributed by atoms with E-state index in [9.17, 15) is 8.42 Å². The molecular formula is C9H21ClN2O2S. The first kappa shape index (κ1) is 15.2. The molecule has 4 nitrogen and oxygen atoms in total. The molecule has 6 heteroatoms. The van der Waals surface area contributed by atoms with E-state index in [1.165, 1.54) is 0 Å². The topological polar surface area (TPSA) is 72.2 Å². The summed E-state index contributed by atoms with van der Waals surface area (Å²) in [4.78, 5) is 0. The third-order valence-electron chi connectivity index (χ3n) is 2.85. The molecule has 0 spiro atoms. The van der Waals surface area contributed by atoms with Crippen LogP contribution in [0.4, 0.5) is 0 Å². The Morgan fingerprint density at radius 2 is 1.87 bits per heavy atom. The van der Waals surface area contributed by atoms with Gasteiger partial charge in [0.25, 0.3) is 0 Å². The number of rotatable bonds is 3. The quantitative estimate of drug-likeness (QED) is 0.792. The van der Waals surface area contributed by atoms with Crippen LogP contribution in [0.2, 0.25) is 0 Å². The van der Waals surface area contributed by atoms with Crippen LogP contribution in [0.25, 0.3) is 0 Å². The number of hydrogen-bond donors (Lipinski definition) is 2. The van der Waals surface area contributed by atoms with Crippen LogP contribution in [-0.4, -0.2) is 25.8 Å². The summed E-state index contributed by atoms with van der Waals surface area (Å²) in [5, 5.41) is 0. The van der Waals surface area contributed by atoms with Gasteiger partial charge in [-0.15, -0.1) is 12.4 Å². The molecule has 0 radical (unpaired) electrons. The van der Waals surface area contributed by atoms with Crippen LogP contribution in [0.3, 0.4) is 0 Å². The summed E-state index contributed by atoms with van der Waals surface area (Å²) in [6, 6.07) is 0.0941. The number of sulfonamides is 1. The molecule has 0 aromatic rings. The molecule has 0 atom stereocenters. The van der Waals surface area contributed by atoms with Crippen molar-refractivity contribution in [1.82, 2.24) is 4.72 Å². The molecule has 15 heavy (non-hydrogen) atoms. The van der Waals surface area contributed by atoms with Crippen LogP contribution in [-0.2, 0) is 10.0 Å². The van der Waals surface area contributed by atoms with Crippen molar-refractivity contribution in [3.8, 4) is 0 Å². The Bertz CT molecular complexity index is 280. The molecule has 0 amide bonds. The predicted molar refractivity (Wildman–Crippen MR) is 64.7 cm³/mol. The molecule has 1 aliphatic carbocycles. The lowest BCUT2D eigenvalue weighted by atomic mass is 9.82. The highest BCUT2D eigenvalue weighted by Gasteiger charge is 2.28. The van der Waals surface area contributed by atoms with Crippen molar-refractivity contribution in [2.45, 2.75) is 51.1 Å². The lowest BCUT2D eigenvalue weighted by molar-refractivity contribution is 0.285. The van der Waals surface area contributed by atoms with Crippen LogP contribution in [0.1, 0.15) is 39.5 Å². The molecular weight excluding hydrogens is 236 g/mol. The van der Waals surface area contributed by atoms with Gasteiger partial charge in [-0.05, 0) is 39.5 Å². The Labute approximate surface area is 98.5 Å². The van der Waals surface area contributed by atoms with E-state index in [2.05, 4.69) is 4.72 Å². The Kier molecular flexibility index (Phi) is 5.54. The maximum atomic E-state index is 11.3. The van der Waals surface area contributed by atoms with Gasteiger partial charge < -0.3 is 5.73 Å². The Morgan fingerprint density at radius 1 is 1.40 bits per heavy atom. The molecule has 92 valence electrons. The summed E-state index contributed by atoms with van der Waals surface area (Å²) in [6.45, 7) is 3.68. The van der Waals surface area contributed by atoms with Crippen molar-refractivity contribution >= 4 is 22.4 Å². The average molecular weight is 257 g/mol. The van der Waals surface area contributed by atoms with E-state index < -0.39 is 10.0 Å². The lowest BCUT2D eigenvalue weighted by Gasteiger charge is -2.34. The van der Waals surface area contributed by atoms with E-state index in [1.807, 2.05) is 6.92 Å².